The molecular formula is C17H28N2O. The van der Waals surface area contributed by atoms with Crippen LogP contribution < -0.4 is 5.32 Å². The quantitative estimate of drug-likeness (QED) is 0.797. The van der Waals surface area contributed by atoms with Crippen molar-refractivity contribution in [1.29, 1.82) is 0 Å². The molecule has 3 heteroatoms. The minimum absolute atomic E-state index is 0.378. The molecule has 0 aromatic carbocycles. The van der Waals surface area contributed by atoms with Crippen molar-refractivity contribution < 1.29 is 4.79 Å². The second-order valence-corrected chi connectivity index (χ2v) is 7.88. The van der Waals surface area contributed by atoms with E-state index < -0.39 is 0 Å². The summed E-state index contributed by atoms with van der Waals surface area (Å²) < 4.78 is 0. The Morgan fingerprint density at radius 3 is 2.30 bits per heavy atom. The predicted molar refractivity (Wildman–Crippen MR) is 79.2 cm³/mol. The van der Waals surface area contributed by atoms with Gasteiger partial charge < -0.3 is 10.2 Å². The lowest BCUT2D eigenvalue weighted by atomic mass is 9.51. The molecule has 1 amide bonds. The number of nitrogens with zero attached hydrogens (tertiary/aromatic N) is 1. The molecule has 1 saturated heterocycles. The van der Waals surface area contributed by atoms with E-state index in [4.69, 9.17) is 0 Å². The first-order chi connectivity index (χ1) is 9.72. The molecule has 4 bridgehead atoms. The summed E-state index contributed by atoms with van der Waals surface area (Å²) in [6.45, 7) is 5.19. The van der Waals surface area contributed by atoms with Crippen LogP contribution in [0.5, 0.6) is 0 Å². The standard InChI is InChI=1S/C17H28N2O/c1-11-2-3-18-4-5-19(11)17(20)16-14-7-12-6-13(9-14)10-15(16)8-12/h11-16,18H,2-10H2,1H3. The lowest BCUT2D eigenvalue weighted by molar-refractivity contribution is -0.150. The minimum atomic E-state index is 0.378. The van der Waals surface area contributed by atoms with Gasteiger partial charge in [0.15, 0.2) is 0 Å². The van der Waals surface area contributed by atoms with Crippen molar-refractivity contribution in [3.05, 3.63) is 0 Å². The molecule has 0 aromatic rings. The topological polar surface area (TPSA) is 32.3 Å². The first kappa shape index (κ1) is 13.1. The number of rotatable bonds is 1. The highest BCUT2D eigenvalue weighted by molar-refractivity contribution is 5.80. The normalized spacial score (nSPS) is 47.4. The number of hydrogen-bond donors (Lipinski definition) is 1. The lowest BCUT2D eigenvalue weighted by Gasteiger charge is -2.54. The molecule has 5 fully saturated rings. The Morgan fingerprint density at radius 1 is 1.00 bits per heavy atom. The molecule has 4 saturated carbocycles. The van der Waals surface area contributed by atoms with E-state index in [1.807, 2.05) is 0 Å². The van der Waals surface area contributed by atoms with Crippen LogP contribution in [0.4, 0.5) is 0 Å². The van der Waals surface area contributed by atoms with Gasteiger partial charge in [-0.25, -0.2) is 0 Å². The van der Waals surface area contributed by atoms with Gasteiger partial charge in [-0.05, 0) is 75.7 Å². The summed E-state index contributed by atoms with van der Waals surface area (Å²) in [6, 6.07) is 0.426. The molecule has 1 unspecified atom stereocenters. The fourth-order valence-electron chi connectivity index (χ4n) is 5.86. The maximum Gasteiger partial charge on any atom is 0.226 e. The van der Waals surface area contributed by atoms with Crippen LogP contribution in [0.2, 0.25) is 0 Å². The largest absolute Gasteiger partial charge is 0.338 e. The van der Waals surface area contributed by atoms with Gasteiger partial charge in [0.25, 0.3) is 0 Å². The van der Waals surface area contributed by atoms with Gasteiger partial charge in [-0.15, -0.1) is 0 Å². The van der Waals surface area contributed by atoms with Gasteiger partial charge in [0.05, 0.1) is 0 Å². The van der Waals surface area contributed by atoms with Gasteiger partial charge in [-0.3, -0.25) is 4.79 Å². The van der Waals surface area contributed by atoms with Crippen LogP contribution in [0, 0.1) is 29.6 Å². The minimum Gasteiger partial charge on any atom is -0.338 e. The molecule has 4 aliphatic carbocycles. The molecule has 0 aromatic heterocycles. The van der Waals surface area contributed by atoms with Crippen molar-refractivity contribution in [2.24, 2.45) is 29.6 Å². The number of nitrogens with one attached hydrogen (secondary N) is 1. The first-order valence-electron chi connectivity index (χ1n) is 8.73. The van der Waals surface area contributed by atoms with Gasteiger partial charge in [0.2, 0.25) is 5.91 Å². The Labute approximate surface area is 122 Å². The molecular weight excluding hydrogens is 248 g/mol. The second-order valence-electron chi connectivity index (χ2n) is 7.88. The number of carbonyl (C=O) groups is 1. The molecule has 3 nitrogen and oxygen atoms in total. The summed E-state index contributed by atoms with van der Waals surface area (Å²) in [5, 5.41) is 3.44. The van der Waals surface area contributed by atoms with Crippen molar-refractivity contribution in [3.8, 4) is 0 Å². The van der Waals surface area contributed by atoms with E-state index >= 15 is 0 Å². The number of amides is 1. The Hall–Kier alpha value is -0.570. The zero-order valence-electron chi connectivity index (χ0n) is 12.7. The van der Waals surface area contributed by atoms with Crippen LogP contribution in [-0.4, -0.2) is 36.5 Å². The summed E-state index contributed by atoms with van der Waals surface area (Å²) in [6.07, 6.45) is 7.98. The van der Waals surface area contributed by atoms with Crippen molar-refractivity contribution in [2.45, 2.75) is 51.5 Å². The van der Waals surface area contributed by atoms with E-state index in [2.05, 4.69) is 17.1 Å². The summed E-state index contributed by atoms with van der Waals surface area (Å²) in [4.78, 5) is 15.4. The van der Waals surface area contributed by atoms with E-state index in [1.165, 1.54) is 32.1 Å². The fourth-order valence-corrected chi connectivity index (χ4v) is 5.86. The van der Waals surface area contributed by atoms with Crippen molar-refractivity contribution >= 4 is 5.91 Å². The molecule has 0 radical (unpaired) electrons. The van der Waals surface area contributed by atoms with Crippen molar-refractivity contribution in [3.63, 3.8) is 0 Å². The van der Waals surface area contributed by atoms with Gasteiger partial charge in [-0.2, -0.15) is 0 Å². The number of carbonyl (C=O) groups excluding carboxylic acids is 1. The van der Waals surface area contributed by atoms with Crippen LogP contribution in [0.1, 0.15) is 45.4 Å². The Bertz CT molecular complexity index is 366. The molecule has 112 valence electrons. The van der Waals surface area contributed by atoms with Crippen LogP contribution >= 0.6 is 0 Å². The van der Waals surface area contributed by atoms with Gasteiger partial charge in [-0.1, -0.05) is 0 Å². The van der Waals surface area contributed by atoms with Gasteiger partial charge in [0, 0.05) is 25.0 Å². The number of hydrogen-bond acceptors (Lipinski definition) is 2. The van der Waals surface area contributed by atoms with Gasteiger partial charge in [0.1, 0.15) is 0 Å². The van der Waals surface area contributed by atoms with Crippen molar-refractivity contribution in [2.75, 3.05) is 19.6 Å². The molecule has 1 aliphatic heterocycles. The van der Waals surface area contributed by atoms with E-state index in [-0.39, 0.29) is 0 Å². The van der Waals surface area contributed by atoms with Crippen LogP contribution in [-0.2, 0) is 4.79 Å². The van der Waals surface area contributed by atoms with Crippen LogP contribution in [0.3, 0.4) is 0 Å². The third-order valence-electron chi connectivity index (χ3n) is 6.60. The zero-order valence-corrected chi connectivity index (χ0v) is 12.7. The predicted octanol–water partition coefficient (Wildman–Crippen LogP) is 2.27. The Balaban J connectivity index is 1.53. The third kappa shape index (κ3) is 2.09. The molecule has 20 heavy (non-hydrogen) atoms. The highest BCUT2D eigenvalue weighted by atomic mass is 16.2. The second kappa shape index (κ2) is 5.01. The smallest absolute Gasteiger partial charge is 0.226 e. The fraction of sp³-hybridized carbons (Fsp3) is 0.941. The first-order valence-corrected chi connectivity index (χ1v) is 8.73. The van der Waals surface area contributed by atoms with Crippen LogP contribution in [0.15, 0.2) is 0 Å². The maximum atomic E-state index is 13.1. The maximum absolute atomic E-state index is 13.1. The van der Waals surface area contributed by atoms with E-state index in [1.54, 1.807) is 0 Å². The molecule has 0 spiro atoms. The molecule has 5 rings (SSSR count). The third-order valence-corrected chi connectivity index (χ3v) is 6.60. The summed E-state index contributed by atoms with van der Waals surface area (Å²) in [5.74, 6) is 4.26. The van der Waals surface area contributed by atoms with E-state index in [0.29, 0.717) is 17.9 Å². The van der Waals surface area contributed by atoms with Crippen molar-refractivity contribution in [1.82, 2.24) is 10.2 Å². The monoisotopic (exact) mass is 276 g/mol. The molecule has 1 atom stereocenters. The summed E-state index contributed by atoms with van der Waals surface area (Å²) in [7, 11) is 0. The average molecular weight is 276 g/mol. The van der Waals surface area contributed by atoms with Crippen LogP contribution in [0.25, 0.3) is 0 Å². The van der Waals surface area contributed by atoms with Gasteiger partial charge >= 0.3 is 0 Å². The molecule has 1 heterocycles. The van der Waals surface area contributed by atoms with E-state index in [9.17, 15) is 4.79 Å². The Morgan fingerprint density at radius 2 is 1.65 bits per heavy atom. The summed E-state index contributed by atoms with van der Waals surface area (Å²) in [5.41, 5.74) is 0. The lowest BCUT2D eigenvalue weighted by Crippen LogP contribution is -2.53. The van der Waals surface area contributed by atoms with E-state index in [0.717, 1.165) is 49.7 Å². The molecule has 5 aliphatic rings. The highest BCUT2D eigenvalue weighted by Crippen LogP contribution is 2.56. The zero-order chi connectivity index (χ0) is 13.7. The molecule has 1 N–H and O–H groups in total. The SMILES string of the molecule is CC1CCNCCN1C(=O)C1C2CC3CC(C2)CC1C3. The highest BCUT2D eigenvalue weighted by Gasteiger charge is 2.51. The Kier molecular flexibility index (Phi) is 3.29. The summed E-state index contributed by atoms with van der Waals surface area (Å²) >= 11 is 0. The average Bonchev–Trinajstić information content (AvgIpc) is 2.62.